The molecule has 0 unspecified atom stereocenters. The molecule has 7 heteroatoms. The number of nitrogens with zero attached hydrogens (tertiary/aromatic N) is 1. The number of hydrogen-bond acceptors (Lipinski definition) is 5. The monoisotopic (exact) mass is 306 g/mol. The lowest BCUT2D eigenvalue weighted by Gasteiger charge is -2.15. The highest BCUT2D eigenvalue weighted by Crippen LogP contribution is 2.20. The van der Waals surface area contributed by atoms with E-state index in [-0.39, 0.29) is 6.42 Å². The summed E-state index contributed by atoms with van der Waals surface area (Å²) in [5.74, 6) is -1.44. The summed E-state index contributed by atoms with van der Waals surface area (Å²) < 4.78 is 23.0. The number of aryl methyl sites for hydroxylation is 2. The number of nitrogens with two attached hydrogens (primary N) is 1. The van der Waals surface area contributed by atoms with Crippen molar-refractivity contribution in [2.75, 3.05) is 0 Å². The molecular weight excluding hydrogens is 291 g/mol. The topological polar surface area (TPSA) is 95.4 Å². The number of ether oxygens (including phenoxy) is 1. The number of carbonyl (C=O) groups excluding carboxylic acids is 2. The standard InChI is InChI=1S/C15H15FN2O4/c1-8-12(9(2)22-18-8)7-13(19)21-14(15(17)20)10-3-5-11(16)6-4-10/h3-6,14H,7H2,1-2H3,(H2,17,20)/t14-/m1/s1. The Morgan fingerprint density at radius 3 is 2.45 bits per heavy atom. The molecule has 0 aliphatic rings. The van der Waals surface area contributed by atoms with E-state index in [1.165, 1.54) is 12.1 Å². The molecule has 0 aliphatic heterocycles. The molecule has 0 radical (unpaired) electrons. The van der Waals surface area contributed by atoms with Gasteiger partial charge in [-0.25, -0.2) is 4.39 Å². The first-order valence-electron chi connectivity index (χ1n) is 6.54. The Morgan fingerprint density at radius 2 is 1.95 bits per heavy atom. The van der Waals surface area contributed by atoms with E-state index >= 15 is 0 Å². The second kappa shape index (κ2) is 6.38. The molecule has 116 valence electrons. The van der Waals surface area contributed by atoms with Crippen LogP contribution in [0.4, 0.5) is 4.39 Å². The van der Waals surface area contributed by atoms with Crippen LogP contribution in [0, 0.1) is 19.7 Å². The summed E-state index contributed by atoms with van der Waals surface area (Å²) in [7, 11) is 0. The Hall–Kier alpha value is -2.70. The van der Waals surface area contributed by atoms with Gasteiger partial charge in [-0.2, -0.15) is 0 Å². The van der Waals surface area contributed by atoms with Crippen molar-refractivity contribution >= 4 is 11.9 Å². The lowest BCUT2D eigenvalue weighted by Crippen LogP contribution is -2.27. The van der Waals surface area contributed by atoms with Crippen molar-refractivity contribution in [1.82, 2.24) is 5.16 Å². The molecule has 0 spiro atoms. The molecule has 0 bridgehead atoms. The quantitative estimate of drug-likeness (QED) is 0.849. The third-order valence-corrected chi connectivity index (χ3v) is 3.18. The number of carbonyl (C=O) groups is 2. The molecule has 0 aliphatic carbocycles. The van der Waals surface area contributed by atoms with Gasteiger partial charge in [0.2, 0.25) is 6.10 Å². The molecule has 1 atom stereocenters. The van der Waals surface area contributed by atoms with Gasteiger partial charge in [0.15, 0.2) is 0 Å². The van der Waals surface area contributed by atoms with Gasteiger partial charge in [-0.1, -0.05) is 17.3 Å². The maximum atomic E-state index is 12.9. The summed E-state index contributed by atoms with van der Waals surface area (Å²) in [6, 6.07) is 5.00. The lowest BCUT2D eigenvalue weighted by molar-refractivity contribution is -0.154. The van der Waals surface area contributed by atoms with Crippen LogP contribution in [0.15, 0.2) is 28.8 Å². The first-order valence-corrected chi connectivity index (χ1v) is 6.54. The van der Waals surface area contributed by atoms with Crippen LogP contribution < -0.4 is 5.73 Å². The molecule has 1 aromatic carbocycles. The molecule has 0 saturated carbocycles. The minimum Gasteiger partial charge on any atom is -0.447 e. The minimum absolute atomic E-state index is 0.0911. The smallest absolute Gasteiger partial charge is 0.311 e. The fourth-order valence-electron chi connectivity index (χ4n) is 2.00. The number of primary amides is 1. The second-order valence-electron chi connectivity index (χ2n) is 4.80. The number of amides is 1. The highest BCUT2D eigenvalue weighted by atomic mass is 19.1. The van der Waals surface area contributed by atoms with Gasteiger partial charge < -0.3 is 15.0 Å². The molecule has 2 rings (SSSR count). The summed E-state index contributed by atoms with van der Waals surface area (Å²) in [4.78, 5) is 23.5. The van der Waals surface area contributed by atoms with Gasteiger partial charge in [-0.05, 0) is 26.0 Å². The third kappa shape index (κ3) is 3.49. The van der Waals surface area contributed by atoms with Crippen LogP contribution >= 0.6 is 0 Å². The van der Waals surface area contributed by atoms with Crippen molar-refractivity contribution in [3.05, 3.63) is 52.7 Å². The largest absolute Gasteiger partial charge is 0.447 e. The van der Waals surface area contributed by atoms with Crippen LogP contribution in [0.1, 0.15) is 28.7 Å². The minimum atomic E-state index is -1.27. The van der Waals surface area contributed by atoms with Gasteiger partial charge >= 0.3 is 5.97 Å². The summed E-state index contributed by atoms with van der Waals surface area (Å²) in [6.07, 6.45) is -1.36. The number of rotatable bonds is 5. The van der Waals surface area contributed by atoms with Gasteiger partial charge in [0.05, 0.1) is 12.1 Å². The van der Waals surface area contributed by atoms with E-state index in [4.69, 9.17) is 15.0 Å². The summed E-state index contributed by atoms with van der Waals surface area (Å²) >= 11 is 0. The Balaban J connectivity index is 2.13. The van der Waals surface area contributed by atoms with Crippen LogP contribution in [-0.4, -0.2) is 17.0 Å². The highest BCUT2D eigenvalue weighted by molar-refractivity contribution is 5.84. The maximum absolute atomic E-state index is 12.9. The predicted octanol–water partition coefficient (Wildman–Crippen LogP) is 1.74. The van der Waals surface area contributed by atoms with Crippen molar-refractivity contribution in [3.8, 4) is 0 Å². The van der Waals surface area contributed by atoms with Crippen LogP contribution in [0.3, 0.4) is 0 Å². The molecule has 2 aromatic rings. The number of halogens is 1. The summed E-state index contributed by atoms with van der Waals surface area (Å²) in [6.45, 7) is 3.37. The average molecular weight is 306 g/mol. The predicted molar refractivity (Wildman–Crippen MR) is 74.1 cm³/mol. The number of esters is 1. The van der Waals surface area contributed by atoms with Gasteiger partial charge in [-0.15, -0.1) is 0 Å². The van der Waals surface area contributed by atoms with Crippen LogP contribution in [0.25, 0.3) is 0 Å². The first-order chi connectivity index (χ1) is 10.4. The van der Waals surface area contributed by atoms with Crippen molar-refractivity contribution in [2.24, 2.45) is 5.73 Å². The molecule has 6 nitrogen and oxygen atoms in total. The van der Waals surface area contributed by atoms with E-state index < -0.39 is 23.8 Å². The van der Waals surface area contributed by atoms with E-state index in [1.807, 2.05) is 0 Å². The van der Waals surface area contributed by atoms with Gasteiger partial charge in [-0.3, -0.25) is 9.59 Å². The van der Waals surface area contributed by atoms with Gasteiger partial charge in [0.1, 0.15) is 11.6 Å². The zero-order valence-corrected chi connectivity index (χ0v) is 12.1. The van der Waals surface area contributed by atoms with Gasteiger partial charge in [0, 0.05) is 11.1 Å². The number of hydrogen-bond donors (Lipinski definition) is 1. The van der Waals surface area contributed by atoms with Crippen molar-refractivity contribution in [2.45, 2.75) is 26.4 Å². The number of benzene rings is 1. The van der Waals surface area contributed by atoms with Crippen molar-refractivity contribution < 1.29 is 23.2 Å². The molecular formula is C15H15FN2O4. The SMILES string of the molecule is Cc1noc(C)c1CC(=O)O[C@@H](C(N)=O)c1ccc(F)cc1. The van der Waals surface area contributed by atoms with E-state index in [2.05, 4.69) is 5.16 Å². The molecule has 22 heavy (non-hydrogen) atoms. The van der Waals surface area contributed by atoms with E-state index in [0.29, 0.717) is 22.6 Å². The summed E-state index contributed by atoms with van der Waals surface area (Å²) in [5.41, 5.74) is 6.73. The number of aromatic nitrogens is 1. The highest BCUT2D eigenvalue weighted by Gasteiger charge is 2.24. The fraction of sp³-hybridized carbons (Fsp3) is 0.267. The second-order valence-corrected chi connectivity index (χ2v) is 4.80. The molecule has 1 heterocycles. The Labute approximate surface area is 126 Å². The Bertz CT molecular complexity index is 675. The van der Waals surface area contributed by atoms with Gasteiger partial charge in [0.25, 0.3) is 5.91 Å². The van der Waals surface area contributed by atoms with Crippen molar-refractivity contribution in [1.29, 1.82) is 0 Å². The Morgan fingerprint density at radius 1 is 1.32 bits per heavy atom. The van der Waals surface area contributed by atoms with Crippen LogP contribution in [0.2, 0.25) is 0 Å². The molecule has 0 fully saturated rings. The first kappa shape index (κ1) is 15.7. The molecule has 0 saturated heterocycles. The normalized spacial score (nSPS) is 12.0. The average Bonchev–Trinajstić information content (AvgIpc) is 2.77. The zero-order chi connectivity index (χ0) is 16.3. The van der Waals surface area contributed by atoms with Crippen LogP contribution in [-0.2, 0) is 20.7 Å². The van der Waals surface area contributed by atoms with E-state index in [1.54, 1.807) is 13.8 Å². The van der Waals surface area contributed by atoms with Crippen molar-refractivity contribution in [3.63, 3.8) is 0 Å². The van der Waals surface area contributed by atoms with E-state index in [0.717, 1.165) is 12.1 Å². The van der Waals surface area contributed by atoms with Crippen LogP contribution in [0.5, 0.6) is 0 Å². The maximum Gasteiger partial charge on any atom is 0.311 e. The van der Waals surface area contributed by atoms with E-state index in [9.17, 15) is 14.0 Å². The fourth-order valence-corrected chi connectivity index (χ4v) is 2.00. The lowest BCUT2D eigenvalue weighted by atomic mass is 10.1. The summed E-state index contributed by atoms with van der Waals surface area (Å²) in [5, 5.41) is 3.74. The zero-order valence-electron chi connectivity index (χ0n) is 12.1. The molecule has 2 N–H and O–H groups in total. The third-order valence-electron chi connectivity index (χ3n) is 3.18. The molecule has 1 aromatic heterocycles. The Kier molecular flexibility index (Phi) is 4.55. The molecule has 1 amide bonds.